The number of nitrogens with one attached hydrogen (secondary N) is 3. The van der Waals surface area contributed by atoms with Gasteiger partial charge in [-0.05, 0) is 19.4 Å². The molecule has 0 aliphatic rings. The lowest BCUT2D eigenvalue weighted by Gasteiger charge is -2.13. The van der Waals surface area contributed by atoms with Crippen molar-refractivity contribution in [2.75, 3.05) is 20.6 Å². The van der Waals surface area contributed by atoms with Gasteiger partial charge in [0.2, 0.25) is 0 Å². The molecule has 0 heterocycles. The number of rotatable bonds is 5. The second-order valence-electron chi connectivity index (χ2n) is 4.01. The monoisotopic (exact) mass is 275 g/mol. The van der Waals surface area contributed by atoms with Gasteiger partial charge in [-0.2, -0.15) is 0 Å². The third-order valence-electron chi connectivity index (χ3n) is 1.99. The van der Waals surface area contributed by atoms with Crippen molar-refractivity contribution in [3.05, 3.63) is 0 Å². The number of hydrogen-bond donors (Lipinski definition) is 7. The minimum Gasteiger partial charge on any atom is -0.480 e. The number of carbonyl (C=O) groups is 1. The van der Waals surface area contributed by atoms with Gasteiger partial charge >= 0.3 is 5.97 Å². The zero-order valence-electron chi connectivity index (χ0n) is 11.4. The normalized spacial score (nSPS) is 10.7. The number of nitrogens with two attached hydrogens (primary N) is 3. The van der Waals surface area contributed by atoms with Gasteiger partial charge in [0.15, 0.2) is 11.9 Å². The molecule has 0 aromatic rings. The molecule has 0 bridgehead atoms. The van der Waals surface area contributed by atoms with Crippen molar-refractivity contribution in [3.63, 3.8) is 0 Å². The van der Waals surface area contributed by atoms with Crippen LogP contribution in [0.15, 0.2) is 0 Å². The van der Waals surface area contributed by atoms with E-state index in [1.165, 1.54) is 4.90 Å². The lowest BCUT2D eigenvalue weighted by Crippen LogP contribution is -2.42. The lowest BCUT2D eigenvalue weighted by molar-refractivity contribution is -0.138. The predicted octanol–water partition coefficient (Wildman–Crippen LogP) is -1.51. The van der Waals surface area contributed by atoms with Crippen LogP contribution in [0.3, 0.4) is 0 Å². The molecule has 112 valence electrons. The van der Waals surface area contributed by atoms with Crippen LogP contribution in [0.1, 0.15) is 19.3 Å². The molecule has 0 aromatic carbocycles. The Hall–Kier alpha value is -1.87. The van der Waals surface area contributed by atoms with Crippen LogP contribution in [-0.4, -0.2) is 54.6 Å². The molecule has 19 heavy (non-hydrogen) atoms. The van der Waals surface area contributed by atoms with Crippen molar-refractivity contribution in [2.24, 2.45) is 17.2 Å². The molecule has 0 rings (SSSR count). The highest BCUT2D eigenvalue weighted by Crippen LogP contribution is 1.96. The molecule has 0 aliphatic carbocycles. The van der Waals surface area contributed by atoms with E-state index in [-0.39, 0.29) is 11.9 Å². The molecule has 0 aromatic heterocycles. The van der Waals surface area contributed by atoms with Gasteiger partial charge in [-0.1, -0.05) is 6.42 Å². The van der Waals surface area contributed by atoms with Crippen molar-refractivity contribution in [1.29, 1.82) is 10.8 Å². The molecule has 0 aliphatic heterocycles. The second kappa shape index (κ2) is 11.2. The third kappa shape index (κ3) is 14.1. The number of hydrogen-bond acceptors (Lipinski definition) is 5. The zero-order chi connectivity index (χ0) is 15.4. The Morgan fingerprint density at radius 3 is 2.16 bits per heavy atom. The molecule has 0 radical (unpaired) electrons. The molecule has 0 spiro atoms. The van der Waals surface area contributed by atoms with Crippen molar-refractivity contribution < 1.29 is 9.90 Å². The van der Waals surface area contributed by atoms with Gasteiger partial charge in [0.1, 0.15) is 6.04 Å². The fraction of sp³-hybridized carbons (Fsp3) is 0.700. The Morgan fingerprint density at radius 2 is 1.89 bits per heavy atom. The maximum absolute atomic E-state index is 10.1. The second-order valence-corrected chi connectivity index (χ2v) is 4.01. The van der Waals surface area contributed by atoms with Crippen LogP contribution >= 0.6 is 0 Å². The molecule has 1 unspecified atom stereocenters. The summed E-state index contributed by atoms with van der Waals surface area (Å²) in [6.45, 7) is 0.604. The van der Waals surface area contributed by atoms with Crippen LogP contribution < -0.4 is 22.5 Å². The van der Waals surface area contributed by atoms with Gasteiger partial charge in [-0.15, -0.1) is 0 Å². The maximum Gasteiger partial charge on any atom is 0.320 e. The minimum atomic E-state index is -0.933. The van der Waals surface area contributed by atoms with Crippen LogP contribution in [-0.2, 0) is 4.79 Å². The summed E-state index contributed by atoms with van der Waals surface area (Å²) >= 11 is 0. The van der Waals surface area contributed by atoms with Gasteiger partial charge < -0.3 is 27.2 Å². The molecule has 0 fully saturated rings. The van der Waals surface area contributed by atoms with Gasteiger partial charge in [0.05, 0.1) is 0 Å². The average Bonchev–Trinajstić information content (AvgIpc) is 2.28. The van der Waals surface area contributed by atoms with Gasteiger partial charge in [0, 0.05) is 14.1 Å². The summed E-state index contributed by atoms with van der Waals surface area (Å²) in [4.78, 5) is 11.7. The molecule has 9 heteroatoms. The van der Waals surface area contributed by atoms with E-state index in [9.17, 15) is 4.79 Å². The molecule has 10 N–H and O–H groups in total. The first-order valence-corrected chi connectivity index (χ1v) is 5.77. The van der Waals surface area contributed by atoms with Crippen LogP contribution in [0, 0.1) is 10.8 Å². The molecule has 9 nitrogen and oxygen atoms in total. The van der Waals surface area contributed by atoms with Crippen molar-refractivity contribution in [3.8, 4) is 0 Å². The van der Waals surface area contributed by atoms with Gasteiger partial charge in [0.25, 0.3) is 0 Å². The summed E-state index contributed by atoms with van der Waals surface area (Å²) < 4.78 is 0. The van der Waals surface area contributed by atoms with E-state index in [0.717, 1.165) is 12.8 Å². The number of aliphatic carboxylic acids is 1. The van der Waals surface area contributed by atoms with E-state index >= 15 is 0 Å². The van der Waals surface area contributed by atoms with E-state index < -0.39 is 12.0 Å². The Bertz CT molecular complexity index is 294. The smallest absolute Gasteiger partial charge is 0.320 e. The Balaban J connectivity index is 0. The number of unbranched alkanes of at least 4 members (excludes halogenated alkanes) is 1. The van der Waals surface area contributed by atoms with Gasteiger partial charge in [-0.25, -0.2) is 0 Å². The van der Waals surface area contributed by atoms with Crippen LogP contribution in [0.25, 0.3) is 0 Å². The lowest BCUT2D eigenvalue weighted by atomic mass is 10.1. The summed E-state index contributed by atoms with van der Waals surface area (Å²) in [5, 5.41) is 24.4. The highest BCUT2D eigenvalue weighted by atomic mass is 16.4. The third-order valence-corrected chi connectivity index (χ3v) is 1.99. The zero-order valence-corrected chi connectivity index (χ0v) is 11.4. The molecular formula is C10H25N7O2. The number of carboxylic acid groups (broad SMARTS) is 1. The summed E-state index contributed by atoms with van der Waals surface area (Å²) in [6.07, 6.45) is 2.16. The summed E-state index contributed by atoms with van der Waals surface area (Å²) in [7, 11) is 3.39. The van der Waals surface area contributed by atoms with Crippen molar-refractivity contribution in [2.45, 2.75) is 25.3 Å². The Kier molecular flexibility index (Phi) is 11.5. The summed E-state index contributed by atoms with van der Waals surface area (Å²) in [5.41, 5.74) is 15.4. The molecule has 1 atom stereocenters. The quantitative estimate of drug-likeness (QED) is 0.181. The van der Waals surface area contributed by atoms with Crippen molar-refractivity contribution >= 4 is 17.9 Å². The number of carboxylic acids is 1. The van der Waals surface area contributed by atoms with Crippen LogP contribution in [0.2, 0.25) is 0 Å². The number of nitrogens with zero attached hydrogens (tertiary/aromatic N) is 1. The largest absolute Gasteiger partial charge is 0.480 e. The molecule has 0 saturated carbocycles. The maximum atomic E-state index is 10.1. The SMILES string of the molecule is CN(C)C(=N)NC(=N)N.NCCCCC(N)C(=O)O. The first-order valence-electron chi connectivity index (χ1n) is 5.77. The standard InChI is InChI=1S/C6H14N2O2.C4H11N5/c7-4-2-1-3-5(8)6(9)10;1-9(2)4(7)8-3(5)6/h5H,1-4,7-8H2,(H,9,10);1-2H3,(H5,5,6,7,8). The highest BCUT2D eigenvalue weighted by molar-refractivity contribution is 5.94. The van der Waals surface area contributed by atoms with Gasteiger partial charge in [-0.3, -0.25) is 20.9 Å². The minimum absolute atomic E-state index is 0.113. The Morgan fingerprint density at radius 1 is 1.37 bits per heavy atom. The Labute approximate surface area is 113 Å². The first-order chi connectivity index (χ1) is 8.72. The van der Waals surface area contributed by atoms with E-state index in [4.69, 9.17) is 33.1 Å². The van der Waals surface area contributed by atoms with E-state index in [0.29, 0.717) is 13.0 Å². The number of guanidine groups is 2. The van der Waals surface area contributed by atoms with E-state index in [1.54, 1.807) is 14.1 Å². The average molecular weight is 275 g/mol. The topological polar surface area (TPSA) is 178 Å². The highest BCUT2D eigenvalue weighted by Gasteiger charge is 2.09. The molecular weight excluding hydrogens is 250 g/mol. The van der Waals surface area contributed by atoms with Crippen LogP contribution in [0.4, 0.5) is 0 Å². The summed E-state index contributed by atoms with van der Waals surface area (Å²) in [5.74, 6) is -1.03. The molecule has 0 amide bonds. The van der Waals surface area contributed by atoms with E-state index in [1.807, 2.05) is 0 Å². The first kappa shape index (κ1) is 19.5. The predicted molar refractivity (Wildman–Crippen MR) is 75.0 cm³/mol. The van der Waals surface area contributed by atoms with Crippen LogP contribution in [0.5, 0.6) is 0 Å². The summed E-state index contributed by atoms with van der Waals surface area (Å²) in [6, 6.07) is -0.716. The van der Waals surface area contributed by atoms with E-state index in [2.05, 4.69) is 5.32 Å². The fourth-order valence-corrected chi connectivity index (χ4v) is 0.871. The fourth-order valence-electron chi connectivity index (χ4n) is 0.871. The van der Waals surface area contributed by atoms with Crippen molar-refractivity contribution in [1.82, 2.24) is 10.2 Å². The molecule has 0 saturated heterocycles.